The van der Waals surface area contributed by atoms with Gasteiger partial charge < -0.3 is 14.0 Å². The number of hydrogen-bond donors (Lipinski definition) is 0. The smallest absolute Gasteiger partial charge is 0.246 e. The molecule has 2 heterocycles. The van der Waals surface area contributed by atoms with Crippen molar-refractivity contribution in [3.05, 3.63) is 84.7 Å². The maximum atomic E-state index is 13.3. The molecule has 5 rings (SSSR count). The summed E-state index contributed by atoms with van der Waals surface area (Å²) < 4.78 is 41.6. The molecule has 0 amide bonds. The first-order valence-electron chi connectivity index (χ1n) is 11.8. The summed E-state index contributed by atoms with van der Waals surface area (Å²) >= 11 is 0. The minimum Gasteiger partial charge on any atom is -0.495 e. The second-order valence-electron chi connectivity index (χ2n) is 8.73. The van der Waals surface area contributed by atoms with E-state index in [0.29, 0.717) is 31.4 Å². The molecule has 0 radical (unpaired) electrons. The number of hydrogen-bond acceptors (Lipinski definition) is 5. The molecule has 0 bridgehead atoms. The molecule has 0 atom stereocenters. The summed E-state index contributed by atoms with van der Waals surface area (Å²) in [6.45, 7) is 2.11. The molecular formula is C27H29N3O4S. The highest BCUT2D eigenvalue weighted by Gasteiger charge is 2.32. The molecule has 1 fully saturated rings. The van der Waals surface area contributed by atoms with Gasteiger partial charge in [-0.05, 0) is 55.2 Å². The monoisotopic (exact) mass is 491 g/mol. The fourth-order valence-electron chi connectivity index (χ4n) is 4.67. The molecule has 1 aromatic heterocycles. The van der Waals surface area contributed by atoms with Crippen LogP contribution in [0.3, 0.4) is 0 Å². The van der Waals surface area contributed by atoms with Crippen LogP contribution in [0.5, 0.6) is 11.5 Å². The Bertz CT molecular complexity index is 1390. The summed E-state index contributed by atoms with van der Waals surface area (Å²) in [5.74, 6) is 2.40. The number of piperidine rings is 1. The quantitative estimate of drug-likeness (QED) is 0.356. The second-order valence-corrected chi connectivity index (χ2v) is 10.6. The minimum absolute atomic E-state index is 0.224. The van der Waals surface area contributed by atoms with Crippen LogP contribution in [-0.2, 0) is 23.2 Å². The third kappa shape index (κ3) is 4.90. The number of ether oxygens (including phenoxy) is 2. The highest BCUT2D eigenvalue weighted by atomic mass is 32.2. The lowest BCUT2D eigenvalue weighted by atomic mass is 9.98. The normalized spacial score (nSPS) is 15.3. The summed E-state index contributed by atoms with van der Waals surface area (Å²) in [5, 5.41) is 0. The lowest BCUT2D eigenvalue weighted by Crippen LogP contribution is -2.39. The number of para-hydroxylation sites is 4. The van der Waals surface area contributed by atoms with Gasteiger partial charge in [-0.15, -0.1) is 0 Å². The Labute approximate surface area is 206 Å². The Morgan fingerprint density at radius 1 is 0.914 bits per heavy atom. The number of imidazole rings is 1. The van der Waals surface area contributed by atoms with Crippen molar-refractivity contribution < 1.29 is 17.9 Å². The number of benzene rings is 3. The Morgan fingerprint density at radius 3 is 2.37 bits per heavy atom. The SMILES string of the molecule is COc1ccccc1S(=O)(=O)N1CCC(Cn2c(COc3ccccc3)nc3ccccc32)CC1. The predicted octanol–water partition coefficient (Wildman–Crippen LogP) is 4.72. The van der Waals surface area contributed by atoms with Crippen LogP contribution in [0.15, 0.2) is 83.8 Å². The largest absolute Gasteiger partial charge is 0.495 e. The molecule has 8 heteroatoms. The van der Waals surface area contributed by atoms with Crippen molar-refractivity contribution in [3.8, 4) is 11.5 Å². The van der Waals surface area contributed by atoms with Crippen molar-refractivity contribution in [2.75, 3.05) is 20.2 Å². The Kier molecular flexibility index (Phi) is 6.74. The van der Waals surface area contributed by atoms with Gasteiger partial charge in [0.2, 0.25) is 10.0 Å². The average Bonchev–Trinajstić information content (AvgIpc) is 3.25. The molecule has 1 saturated heterocycles. The molecule has 182 valence electrons. The number of methoxy groups -OCH3 is 1. The van der Waals surface area contributed by atoms with Gasteiger partial charge in [0.25, 0.3) is 0 Å². The zero-order chi connectivity index (χ0) is 24.3. The van der Waals surface area contributed by atoms with Crippen molar-refractivity contribution in [2.24, 2.45) is 5.92 Å². The molecular weight excluding hydrogens is 462 g/mol. The van der Waals surface area contributed by atoms with Gasteiger partial charge in [-0.25, -0.2) is 13.4 Å². The first-order valence-corrected chi connectivity index (χ1v) is 13.3. The van der Waals surface area contributed by atoms with E-state index >= 15 is 0 Å². The Morgan fingerprint density at radius 2 is 1.60 bits per heavy atom. The van der Waals surface area contributed by atoms with Gasteiger partial charge in [0.05, 0.1) is 18.1 Å². The Hall–Kier alpha value is -3.36. The van der Waals surface area contributed by atoms with E-state index in [0.717, 1.165) is 42.0 Å². The van der Waals surface area contributed by atoms with Crippen molar-refractivity contribution in [1.29, 1.82) is 0 Å². The third-order valence-electron chi connectivity index (χ3n) is 6.55. The van der Waals surface area contributed by atoms with E-state index in [2.05, 4.69) is 10.6 Å². The van der Waals surface area contributed by atoms with Crippen LogP contribution in [0.1, 0.15) is 18.7 Å². The minimum atomic E-state index is -3.60. The van der Waals surface area contributed by atoms with Gasteiger partial charge in [0.1, 0.15) is 28.8 Å². The molecule has 35 heavy (non-hydrogen) atoms. The van der Waals surface area contributed by atoms with E-state index in [9.17, 15) is 8.42 Å². The number of nitrogens with zero attached hydrogens (tertiary/aromatic N) is 3. The number of rotatable bonds is 8. The van der Waals surface area contributed by atoms with Gasteiger partial charge in [-0.3, -0.25) is 0 Å². The van der Waals surface area contributed by atoms with Gasteiger partial charge >= 0.3 is 0 Å². The van der Waals surface area contributed by atoms with Crippen molar-refractivity contribution >= 4 is 21.1 Å². The van der Waals surface area contributed by atoms with E-state index in [1.54, 1.807) is 28.6 Å². The maximum absolute atomic E-state index is 13.3. The molecule has 0 saturated carbocycles. The van der Waals surface area contributed by atoms with Crippen LogP contribution >= 0.6 is 0 Å². The lowest BCUT2D eigenvalue weighted by Gasteiger charge is -2.32. The standard InChI is InChI=1S/C27H29N3O4S/c1-33-25-13-7-8-14-26(25)35(31,32)29-17-15-21(16-18-29)19-30-24-12-6-5-11-23(24)28-27(30)20-34-22-9-3-2-4-10-22/h2-14,21H,15-20H2,1H3. The topological polar surface area (TPSA) is 73.7 Å². The van der Waals surface area contributed by atoms with Gasteiger partial charge in [0.15, 0.2) is 0 Å². The summed E-state index contributed by atoms with van der Waals surface area (Å²) in [5.41, 5.74) is 2.01. The highest BCUT2D eigenvalue weighted by Crippen LogP contribution is 2.31. The molecule has 0 N–H and O–H groups in total. The molecule has 7 nitrogen and oxygen atoms in total. The zero-order valence-electron chi connectivity index (χ0n) is 19.7. The van der Waals surface area contributed by atoms with Crippen LogP contribution in [-0.4, -0.2) is 42.5 Å². The van der Waals surface area contributed by atoms with Crippen LogP contribution < -0.4 is 9.47 Å². The van der Waals surface area contributed by atoms with E-state index in [4.69, 9.17) is 14.5 Å². The first kappa shape index (κ1) is 23.4. The summed E-state index contributed by atoms with van der Waals surface area (Å²) in [4.78, 5) is 5.05. The van der Waals surface area contributed by atoms with E-state index in [-0.39, 0.29) is 4.90 Å². The predicted molar refractivity (Wildman–Crippen MR) is 135 cm³/mol. The van der Waals surface area contributed by atoms with Crippen LogP contribution in [0, 0.1) is 5.92 Å². The van der Waals surface area contributed by atoms with E-state index in [1.165, 1.54) is 7.11 Å². The molecule has 0 aliphatic carbocycles. The number of sulfonamides is 1. The molecule has 4 aromatic rings. The summed E-state index contributed by atoms with van der Waals surface area (Å²) in [6.07, 6.45) is 1.56. The summed E-state index contributed by atoms with van der Waals surface area (Å²) in [6, 6.07) is 24.6. The maximum Gasteiger partial charge on any atom is 0.246 e. The van der Waals surface area contributed by atoms with Crippen LogP contribution in [0.4, 0.5) is 0 Å². The van der Waals surface area contributed by atoms with Gasteiger partial charge in [0, 0.05) is 19.6 Å². The highest BCUT2D eigenvalue weighted by molar-refractivity contribution is 7.89. The molecule has 1 aliphatic heterocycles. The second kappa shape index (κ2) is 10.1. The van der Waals surface area contributed by atoms with Crippen molar-refractivity contribution in [2.45, 2.75) is 30.9 Å². The number of fused-ring (bicyclic) bond motifs is 1. The average molecular weight is 492 g/mol. The van der Waals surface area contributed by atoms with E-state index < -0.39 is 10.0 Å². The zero-order valence-corrected chi connectivity index (χ0v) is 20.5. The molecule has 0 spiro atoms. The summed E-state index contributed by atoms with van der Waals surface area (Å²) in [7, 11) is -2.11. The fourth-order valence-corrected chi connectivity index (χ4v) is 6.29. The fraction of sp³-hybridized carbons (Fsp3) is 0.296. The van der Waals surface area contributed by atoms with Crippen molar-refractivity contribution in [1.82, 2.24) is 13.9 Å². The third-order valence-corrected chi connectivity index (χ3v) is 8.48. The molecule has 3 aromatic carbocycles. The molecule has 0 unspecified atom stereocenters. The van der Waals surface area contributed by atoms with Gasteiger partial charge in [-0.2, -0.15) is 4.31 Å². The Balaban J connectivity index is 1.31. The lowest BCUT2D eigenvalue weighted by molar-refractivity contribution is 0.243. The van der Waals surface area contributed by atoms with Crippen LogP contribution in [0.25, 0.3) is 11.0 Å². The van der Waals surface area contributed by atoms with Gasteiger partial charge in [-0.1, -0.05) is 42.5 Å². The van der Waals surface area contributed by atoms with Crippen molar-refractivity contribution in [3.63, 3.8) is 0 Å². The van der Waals surface area contributed by atoms with E-state index in [1.807, 2.05) is 48.5 Å². The number of aromatic nitrogens is 2. The molecule has 1 aliphatic rings. The van der Waals surface area contributed by atoms with Crippen LogP contribution in [0.2, 0.25) is 0 Å². The first-order chi connectivity index (χ1) is 17.1.